The van der Waals surface area contributed by atoms with Crippen LogP contribution in [0.25, 0.3) is 0 Å². The van der Waals surface area contributed by atoms with E-state index < -0.39 is 18.0 Å². The maximum absolute atomic E-state index is 13.5. The highest BCUT2D eigenvalue weighted by atomic mass is 19.1. The summed E-state index contributed by atoms with van der Waals surface area (Å²) in [5, 5.41) is 19.1. The molecule has 0 bridgehead atoms. The molecule has 7 heteroatoms. The van der Waals surface area contributed by atoms with Crippen molar-refractivity contribution >= 4 is 6.03 Å². The predicted octanol–water partition coefficient (Wildman–Crippen LogP) is 1.40. The Balaban J connectivity index is 1.80. The Hall–Kier alpha value is -2.41. The van der Waals surface area contributed by atoms with E-state index in [0.29, 0.717) is 6.54 Å². The van der Waals surface area contributed by atoms with E-state index in [-0.39, 0.29) is 12.1 Å². The van der Waals surface area contributed by atoms with Crippen molar-refractivity contribution in [3.8, 4) is 0 Å². The molecule has 1 heterocycles. The predicted molar refractivity (Wildman–Crippen MR) is 79.5 cm³/mol. The molecule has 0 aliphatic carbocycles. The topological polar surface area (TPSA) is 79.2 Å². The largest absolute Gasteiger partial charge is 0.386 e. The first-order valence-corrected chi connectivity index (χ1v) is 6.90. The van der Waals surface area contributed by atoms with Crippen molar-refractivity contribution in [3.63, 3.8) is 0 Å². The maximum atomic E-state index is 13.5. The zero-order valence-corrected chi connectivity index (χ0v) is 12.5. The van der Waals surface area contributed by atoms with Crippen LogP contribution in [0.1, 0.15) is 22.9 Å². The molecule has 0 fully saturated rings. The van der Waals surface area contributed by atoms with Crippen LogP contribution in [0.5, 0.6) is 0 Å². The molecule has 1 atom stereocenters. The minimum atomic E-state index is -1.09. The molecule has 1 unspecified atom stereocenters. The molecule has 2 aromatic rings. The molecule has 1 aromatic carbocycles. The highest BCUT2D eigenvalue weighted by Crippen LogP contribution is 2.15. The number of aliphatic hydroxyl groups excluding tert-OH is 1. The number of nitrogens with one attached hydrogen (secondary N) is 2. The van der Waals surface area contributed by atoms with Crippen molar-refractivity contribution in [3.05, 3.63) is 53.1 Å². The van der Waals surface area contributed by atoms with Crippen molar-refractivity contribution < 1.29 is 14.3 Å². The fraction of sp³-hybridized carbons (Fsp3) is 0.333. The first-order chi connectivity index (χ1) is 10.5. The molecule has 0 aliphatic rings. The Morgan fingerprint density at radius 2 is 2.14 bits per heavy atom. The Labute approximate surface area is 128 Å². The van der Waals surface area contributed by atoms with Crippen LogP contribution in [0.15, 0.2) is 30.5 Å². The Morgan fingerprint density at radius 3 is 2.77 bits per heavy atom. The second-order valence-corrected chi connectivity index (χ2v) is 4.98. The fourth-order valence-corrected chi connectivity index (χ4v) is 2.00. The van der Waals surface area contributed by atoms with Crippen LogP contribution in [-0.4, -0.2) is 27.5 Å². The van der Waals surface area contributed by atoms with Gasteiger partial charge in [0.1, 0.15) is 5.82 Å². The van der Waals surface area contributed by atoms with Gasteiger partial charge in [0.05, 0.1) is 12.3 Å². The Kier molecular flexibility index (Phi) is 5.11. The lowest BCUT2D eigenvalue weighted by molar-refractivity contribution is 0.169. The van der Waals surface area contributed by atoms with Crippen LogP contribution in [-0.2, 0) is 13.6 Å². The fourth-order valence-electron chi connectivity index (χ4n) is 2.00. The summed E-state index contributed by atoms with van der Waals surface area (Å²) < 4.78 is 15.2. The van der Waals surface area contributed by atoms with Gasteiger partial charge in [-0.1, -0.05) is 18.2 Å². The first-order valence-electron chi connectivity index (χ1n) is 6.90. The average Bonchev–Trinajstić information content (AvgIpc) is 2.82. The van der Waals surface area contributed by atoms with E-state index in [1.165, 1.54) is 12.1 Å². The highest BCUT2D eigenvalue weighted by Gasteiger charge is 2.13. The third kappa shape index (κ3) is 3.82. The van der Waals surface area contributed by atoms with Crippen LogP contribution in [0.4, 0.5) is 9.18 Å². The van der Waals surface area contributed by atoms with Crippen molar-refractivity contribution in [2.45, 2.75) is 19.6 Å². The van der Waals surface area contributed by atoms with Gasteiger partial charge < -0.3 is 15.7 Å². The second kappa shape index (κ2) is 7.04. The first kappa shape index (κ1) is 16.0. The number of amides is 2. The number of aliphatic hydroxyl groups is 1. The van der Waals surface area contributed by atoms with Crippen LogP contribution in [0.3, 0.4) is 0 Å². The van der Waals surface area contributed by atoms with Crippen LogP contribution in [0.2, 0.25) is 0 Å². The number of hydrogen-bond donors (Lipinski definition) is 3. The minimum absolute atomic E-state index is 0.0706. The molecule has 1 aromatic heterocycles. The summed E-state index contributed by atoms with van der Waals surface area (Å²) in [7, 11) is 1.82. The molecule has 0 aliphatic heterocycles. The molecule has 0 spiro atoms. The minimum Gasteiger partial charge on any atom is -0.386 e. The highest BCUT2D eigenvalue weighted by molar-refractivity contribution is 5.73. The Morgan fingerprint density at radius 1 is 1.41 bits per heavy atom. The molecule has 118 valence electrons. The molecule has 2 rings (SSSR count). The van der Waals surface area contributed by atoms with E-state index in [1.54, 1.807) is 23.0 Å². The van der Waals surface area contributed by atoms with Crippen molar-refractivity contribution in [1.82, 2.24) is 20.4 Å². The normalized spacial score (nSPS) is 12.0. The van der Waals surface area contributed by atoms with Crippen LogP contribution >= 0.6 is 0 Å². The summed E-state index contributed by atoms with van der Waals surface area (Å²) >= 11 is 0. The number of benzene rings is 1. The van der Waals surface area contributed by atoms with Crippen molar-refractivity contribution in [1.29, 1.82) is 0 Å². The monoisotopic (exact) mass is 306 g/mol. The molecule has 6 nitrogen and oxygen atoms in total. The summed E-state index contributed by atoms with van der Waals surface area (Å²) in [6.45, 7) is 2.17. The number of urea groups is 1. The van der Waals surface area contributed by atoms with Crippen molar-refractivity contribution in [2.24, 2.45) is 7.05 Å². The van der Waals surface area contributed by atoms with E-state index in [2.05, 4.69) is 15.7 Å². The second-order valence-electron chi connectivity index (χ2n) is 4.98. The summed E-state index contributed by atoms with van der Waals surface area (Å²) in [4.78, 5) is 11.7. The number of halogens is 1. The van der Waals surface area contributed by atoms with Gasteiger partial charge in [0.2, 0.25) is 0 Å². The maximum Gasteiger partial charge on any atom is 0.315 e. The third-order valence-electron chi connectivity index (χ3n) is 3.50. The number of nitrogens with zero attached hydrogens (tertiary/aromatic N) is 2. The number of rotatable bonds is 5. The van der Waals surface area contributed by atoms with Crippen molar-refractivity contribution in [2.75, 3.05) is 6.54 Å². The zero-order chi connectivity index (χ0) is 16.1. The number of hydrogen-bond acceptors (Lipinski definition) is 3. The van der Waals surface area contributed by atoms with E-state index in [1.807, 2.05) is 14.0 Å². The molecule has 0 saturated heterocycles. The van der Waals surface area contributed by atoms with Gasteiger partial charge in [-0.2, -0.15) is 5.10 Å². The van der Waals surface area contributed by atoms with E-state index >= 15 is 0 Å². The van der Waals surface area contributed by atoms with E-state index in [0.717, 1.165) is 11.3 Å². The lowest BCUT2D eigenvalue weighted by atomic mass is 10.1. The summed E-state index contributed by atoms with van der Waals surface area (Å²) in [6.07, 6.45) is 0.594. The van der Waals surface area contributed by atoms with Crippen LogP contribution in [0, 0.1) is 12.7 Å². The van der Waals surface area contributed by atoms with Crippen LogP contribution < -0.4 is 10.6 Å². The van der Waals surface area contributed by atoms with Gasteiger partial charge in [-0.05, 0) is 13.0 Å². The smallest absolute Gasteiger partial charge is 0.315 e. The molecule has 0 radical (unpaired) electrons. The number of carbonyl (C=O) groups is 1. The van der Waals surface area contributed by atoms with E-state index in [4.69, 9.17) is 0 Å². The average molecular weight is 306 g/mol. The lowest BCUT2D eigenvalue weighted by Gasteiger charge is -2.13. The lowest BCUT2D eigenvalue weighted by Crippen LogP contribution is -2.37. The van der Waals surface area contributed by atoms with Gasteiger partial charge in [0, 0.05) is 37.0 Å². The molecule has 22 heavy (non-hydrogen) atoms. The molecule has 2 amide bonds. The molecular weight excluding hydrogens is 287 g/mol. The summed E-state index contributed by atoms with van der Waals surface area (Å²) in [6, 6.07) is 5.50. The number of aromatic nitrogens is 2. The van der Waals surface area contributed by atoms with Gasteiger partial charge in [-0.15, -0.1) is 0 Å². The van der Waals surface area contributed by atoms with Gasteiger partial charge in [0.25, 0.3) is 0 Å². The zero-order valence-electron chi connectivity index (χ0n) is 12.5. The molecule has 0 saturated carbocycles. The van der Waals surface area contributed by atoms with Gasteiger partial charge in [0.15, 0.2) is 0 Å². The summed E-state index contributed by atoms with van der Waals surface area (Å²) in [5.74, 6) is -0.497. The number of carbonyl (C=O) groups excluding carboxylic acids is 1. The Bertz CT molecular complexity index is 657. The molecular formula is C15H19FN4O2. The standard InChI is InChI=1S/C15H19FN4O2/c1-10-11(8-19-20(10)2)7-17-15(22)18-9-14(21)12-5-3-4-6-13(12)16/h3-6,8,14,21H,7,9H2,1-2H3,(H2,17,18,22). The van der Waals surface area contributed by atoms with Gasteiger partial charge in [-0.25, -0.2) is 9.18 Å². The number of aryl methyl sites for hydroxylation is 1. The van der Waals surface area contributed by atoms with Gasteiger partial charge in [-0.3, -0.25) is 4.68 Å². The third-order valence-corrected chi connectivity index (χ3v) is 3.50. The molecule has 3 N–H and O–H groups in total. The summed E-state index contributed by atoms with van der Waals surface area (Å²) in [5.41, 5.74) is 2.03. The SMILES string of the molecule is Cc1c(CNC(=O)NCC(O)c2ccccc2F)cnn1C. The van der Waals surface area contributed by atoms with Gasteiger partial charge >= 0.3 is 6.03 Å². The quantitative estimate of drug-likeness (QED) is 0.781. The van der Waals surface area contributed by atoms with E-state index in [9.17, 15) is 14.3 Å².